The molecule has 0 radical (unpaired) electrons. The standard InChI is InChI=1S/C42H46N4O/c1-8-35-41(40-27(3)14-12-15-28(40)4)36(9-2)46(44-35)30-16-13-17-31(25-30)47-32-20-21-34-33-18-10-11-19-37(33)45(38(34)26-32)39-24-29(22-23-43-39)42(5,6)7/h10-11,13-14,16-26,28,40H,8-9,12,15H2,1-7H3/t28-,40+/m0/s1. The summed E-state index contributed by atoms with van der Waals surface area (Å²) in [7, 11) is 0. The highest BCUT2D eigenvalue weighted by Gasteiger charge is 2.31. The zero-order chi connectivity index (χ0) is 32.9. The van der Waals surface area contributed by atoms with E-state index in [9.17, 15) is 0 Å². The van der Waals surface area contributed by atoms with Gasteiger partial charge in [-0.05, 0) is 92.0 Å². The Hall–Kier alpha value is -4.64. The fraction of sp³-hybridized carbons (Fsp3) is 0.333. The topological polar surface area (TPSA) is 44.9 Å². The summed E-state index contributed by atoms with van der Waals surface area (Å²) in [6, 6.07) is 27.6. The quantitative estimate of drug-likeness (QED) is 0.166. The number of fused-ring (bicyclic) bond motifs is 3. The zero-order valence-corrected chi connectivity index (χ0v) is 28.8. The normalized spacial score (nSPS) is 17.0. The number of nitrogens with zero attached hydrogens (tertiary/aromatic N) is 4. The molecule has 3 aromatic carbocycles. The molecule has 0 amide bonds. The Morgan fingerprint density at radius 1 is 0.851 bits per heavy atom. The third kappa shape index (κ3) is 5.56. The molecule has 0 saturated heterocycles. The first-order chi connectivity index (χ1) is 22.7. The molecule has 0 bridgehead atoms. The third-order valence-corrected chi connectivity index (χ3v) is 10.0. The van der Waals surface area contributed by atoms with Gasteiger partial charge in [-0.3, -0.25) is 4.57 Å². The Kier molecular flexibility index (Phi) is 8.03. The van der Waals surface area contributed by atoms with Crippen LogP contribution in [0, 0.1) is 5.92 Å². The number of aromatic nitrogens is 4. The summed E-state index contributed by atoms with van der Waals surface area (Å²) in [5.74, 6) is 3.53. The molecular weight excluding hydrogens is 576 g/mol. The van der Waals surface area contributed by atoms with Gasteiger partial charge in [0.1, 0.15) is 17.3 Å². The Morgan fingerprint density at radius 2 is 1.64 bits per heavy atom. The molecule has 5 heteroatoms. The van der Waals surface area contributed by atoms with E-state index in [-0.39, 0.29) is 5.41 Å². The first-order valence-corrected chi connectivity index (χ1v) is 17.2. The van der Waals surface area contributed by atoms with Crippen molar-refractivity contribution in [3.63, 3.8) is 0 Å². The van der Waals surface area contributed by atoms with Crippen LogP contribution in [0.1, 0.15) is 89.7 Å². The average Bonchev–Trinajstić information content (AvgIpc) is 3.60. The van der Waals surface area contributed by atoms with Gasteiger partial charge < -0.3 is 4.74 Å². The van der Waals surface area contributed by atoms with Crippen LogP contribution in [-0.2, 0) is 18.3 Å². The lowest BCUT2D eigenvalue weighted by molar-refractivity contribution is 0.446. The van der Waals surface area contributed by atoms with Gasteiger partial charge in [-0.2, -0.15) is 5.10 Å². The van der Waals surface area contributed by atoms with Crippen molar-refractivity contribution in [1.29, 1.82) is 0 Å². The largest absolute Gasteiger partial charge is 0.457 e. The molecule has 240 valence electrons. The monoisotopic (exact) mass is 622 g/mol. The fourth-order valence-corrected chi connectivity index (χ4v) is 7.60. The summed E-state index contributed by atoms with van der Waals surface area (Å²) in [6.45, 7) is 15.9. The Morgan fingerprint density at radius 3 is 2.40 bits per heavy atom. The Balaban J connectivity index is 1.29. The van der Waals surface area contributed by atoms with E-state index in [0.29, 0.717) is 11.8 Å². The van der Waals surface area contributed by atoms with Crippen molar-refractivity contribution in [3.8, 4) is 23.0 Å². The molecule has 0 fully saturated rings. The minimum absolute atomic E-state index is 0.0186. The van der Waals surface area contributed by atoms with Crippen LogP contribution in [0.5, 0.6) is 11.5 Å². The Bertz CT molecular complexity index is 2120. The number of benzene rings is 3. The van der Waals surface area contributed by atoms with Crippen molar-refractivity contribution in [3.05, 3.63) is 119 Å². The fourth-order valence-electron chi connectivity index (χ4n) is 7.60. The molecule has 1 aliphatic carbocycles. The number of hydrogen-bond donors (Lipinski definition) is 0. The van der Waals surface area contributed by atoms with E-state index in [0.717, 1.165) is 46.9 Å². The minimum atomic E-state index is 0.0186. The molecule has 0 spiro atoms. The van der Waals surface area contributed by atoms with Gasteiger partial charge in [-0.1, -0.05) is 77.5 Å². The maximum Gasteiger partial charge on any atom is 0.137 e. The SMILES string of the molecule is CCc1nn(-c2cccc(Oc3ccc4c5ccccc5n(-c5cc(C(C)(C)C)ccn5)c4c3)c2)c(CC)c1[C@@H]1C(C)=CCC[C@@H]1C. The van der Waals surface area contributed by atoms with Crippen molar-refractivity contribution in [2.24, 2.45) is 5.92 Å². The smallest absolute Gasteiger partial charge is 0.137 e. The van der Waals surface area contributed by atoms with Gasteiger partial charge in [0, 0.05) is 46.3 Å². The van der Waals surface area contributed by atoms with Gasteiger partial charge in [0.05, 0.1) is 22.4 Å². The van der Waals surface area contributed by atoms with E-state index in [1.165, 1.54) is 51.7 Å². The molecule has 6 aromatic rings. The molecular formula is C42H46N4O. The van der Waals surface area contributed by atoms with Crippen LogP contribution in [0.15, 0.2) is 96.7 Å². The number of hydrogen-bond acceptors (Lipinski definition) is 3. The van der Waals surface area contributed by atoms with Gasteiger partial charge in [0.25, 0.3) is 0 Å². The van der Waals surface area contributed by atoms with E-state index < -0.39 is 0 Å². The molecule has 5 nitrogen and oxygen atoms in total. The number of allylic oxidation sites excluding steroid dienone is 2. The van der Waals surface area contributed by atoms with Crippen LogP contribution in [0.25, 0.3) is 33.3 Å². The summed E-state index contributed by atoms with van der Waals surface area (Å²) >= 11 is 0. The predicted molar refractivity (Wildman–Crippen MR) is 195 cm³/mol. The Labute approximate surface area is 278 Å². The molecule has 0 unspecified atom stereocenters. The van der Waals surface area contributed by atoms with E-state index in [1.807, 2.05) is 12.3 Å². The van der Waals surface area contributed by atoms with Crippen molar-refractivity contribution >= 4 is 21.8 Å². The second kappa shape index (κ2) is 12.2. The lowest BCUT2D eigenvalue weighted by atomic mass is 9.74. The van der Waals surface area contributed by atoms with Gasteiger partial charge in [0.2, 0.25) is 0 Å². The number of para-hydroxylation sites is 1. The van der Waals surface area contributed by atoms with Gasteiger partial charge in [0.15, 0.2) is 0 Å². The van der Waals surface area contributed by atoms with Gasteiger partial charge in [-0.25, -0.2) is 9.67 Å². The molecule has 0 N–H and O–H groups in total. The molecule has 0 saturated carbocycles. The van der Waals surface area contributed by atoms with E-state index in [4.69, 9.17) is 14.8 Å². The molecule has 7 rings (SSSR count). The highest BCUT2D eigenvalue weighted by Crippen LogP contribution is 2.42. The van der Waals surface area contributed by atoms with Crippen molar-refractivity contribution in [2.45, 2.75) is 85.5 Å². The lowest BCUT2D eigenvalue weighted by Gasteiger charge is -2.30. The van der Waals surface area contributed by atoms with Crippen LogP contribution in [-0.4, -0.2) is 19.3 Å². The van der Waals surface area contributed by atoms with E-state index in [1.54, 1.807) is 0 Å². The lowest BCUT2D eigenvalue weighted by Crippen LogP contribution is -2.17. The second-order valence-corrected chi connectivity index (χ2v) is 14.2. The maximum absolute atomic E-state index is 6.62. The minimum Gasteiger partial charge on any atom is -0.457 e. The molecule has 1 aliphatic rings. The molecule has 47 heavy (non-hydrogen) atoms. The van der Waals surface area contributed by atoms with Crippen LogP contribution < -0.4 is 4.74 Å². The van der Waals surface area contributed by atoms with Gasteiger partial charge in [-0.15, -0.1) is 0 Å². The highest BCUT2D eigenvalue weighted by atomic mass is 16.5. The van der Waals surface area contributed by atoms with Crippen LogP contribution in [0.3, 0.4) is 0 Å². The van der Waals surface area contributed by atoms with Crippen molar-refractivity contribution in [1.82, 2.24) is 19.3 Å². The predicted octanol–water partition coefficient (Wildman–Crippen LogP) is 11.0. The summed E-state index contributed by atoms with van der Waals surface area (Å²) in [5, 5.41) is 7.59. The van der Waals surface area contributed by atoms with Crippen LogP contribution in [0.4, 0.5) is 0 Å². The third-order valence-electron chi connectivity index (χ3n) is 10.0. The first kappa shape index (κ1) is 31.0. The molecule has 3 heterocycles. The summed E-state index contributed by atoms with van der Waals surface area (Å²) in [5.41, 5.74) is 9.94. The van der Waals surface area contributed by atoms with Crippen molar-refractivity contribution in [2.75, 3.05) is 0 Å². The molecule has 3 aromatic heterocycles. The maximum atomic E-state index is 6.62. The number of pyridine rings is 1. The van der Waals surface area contributed by atoms with E-state index >= 15 is 0 Å². The number of aryl methyl sites for hydroxylation is 1. The second-order valence-electron chi connectivity index (χ2n) is 14.2. The van der Waals surface area contributed by atoms with Crippen LogP contribution >= 0.6 is 0 Å². The first-order valence-electron chi connectivity index (χ1n) is 17.2. The van der Waals surface area contributed by atoms with E-state index in [2.05, 4.69) is 137 Å². The zero-order valence-electron chi connectivity index (χ0n) is 28.8. The summed E-state index contributed by atoms with van der Waals surface area (Å²) in [4.78, 5) is 4.84. The number of ether oxygens (including phenoxy) is 1. The highest BCUT2D eigenvalue weighted by molar-refractivity contribution is 6.09. The summed E-state index contributed by atoms with van der Waals surface area (Å²) < 4.78 is 11.0. The van der Waals surface area contributed by atoms with Gasteiger partial charge >= 0.3 is 0 Å². The van der Waals surface area contributed by atoms with Crippen molar-refractivity contribution < 1.29 is 4.74 Å². The summed E-state index contributed by atoms with van der Waals surface area (Å²) in [6.07, 6.45) is 8.60. The molecule has 2 atom stereocenters. The average molecular weight is 623 g/mol. The van der Waals surface area contributed by atoms with Crippen LogP contribution in [0.2, 0.25) is 0 Å². The number of rotatable bonds is 7. The molecule has 0 aliphatic heterocycles.